The molecule has 0 aliphatic carbocycles. The summed E-state index contributed by atoms with van der Waals surface area (Å²) < 4.78 is 5.66. The number of nitrogens with zero attached hydrogens (tertiary/aromatic N) is 3. The fourth-order valence-electron chi connectivity index (χ4n) is 2.21. The Morgan fingerprint density at radius 3 is 3.00 bits per heavy atom. The molecule has 3 aromatic rings. The van der Waals surface area contributed by atoms with Crippen LogP contribution in [0.25, 0.3) is 10.8 Å². The lowest BCUT2D eigenvalue weighted by Crippen LogP contribution is -2.10. The summed E-state index contributed by atoms with van der Waals surface area (Å²) in [5.41, 5.74) is 3.15. The van der Waals surface area contributed by atoms with Crippen molar-refractivity contribution in [1.82, 2.24) is 15.2 Å². The van der Waals surface area contributed by atoms with Crippen LogP contribution in [-0.2, 0) is 0 Å². The maximum atomic E-state index is 11.2. The number of aromatic amines is 1. The first-order valence-electron chi connectivity index (χ1n) is 7.13. The lowest BCUT2D eigenvalue weighted by atomic mass is 10.0. The zero-order valence-corrected chi connectivity index (χ0v) is 12.5. The topological polar surface area (TPSA) is 92.3 Å². The molecule has 0 radical (unpaired) electrons. The summed E-state index contributed by atoms with van der Waals surface area (Å²) >= 11 is 0. The lowest BCUT2D eigenvalue weighted by molar-refractivity contribution is 0.340. The highest BCUT2D eigenvalue weighted by atomic mass is 16.5. The predicted octanol–water partition coefficient (Wildman–Crippen LogP) is 2.16. The number of rotatable bonds is 5. The molecule has 0 spiro atoms. The van der Waals surface area contributed by atoms with E-state index >= 15 is 0 Å². The number of benzene rings is 2. The average molecular weight is 309 g/mol. The Morgan fingerprint density at radius 2 is 2.17 bits per heavy atom. The molecule has 0 aliphatic heterocycles. The highest BCUT2D eigenvalue weighted by Crippen LogP contribution is 2.26. The van der Waals surface area contributed by atoms with Crippen molar-refractivity contribution in [2.75, 3.05) is 12.0 Å². The number of aromatic nitrogens is 3. The predicted molar refractivity (Wildman–Crippen MR) is 89.0 cm³/mol. The second kappa shape index (κ2) is 6.69. The molecule has 1 aromatic heterocycles. The van der Waals surface area contributed by atoms with E-state index in [1.807, 2.05) is 43.3 Å². The maximum absolute atomic E-state index is 11.2. The SMILES string of the molecule is CCOc1ccc2ccccc2c1/C=N/Nc1nncc(=O)[nH]1. The zero-order chi connectivity index (χ0) is 16.1. The molecule has 0 saturated carbocycles. The molecule has 7 heteroatoms. The average Bonchev–Trinajstić information content (AvgIpc) is 2.57. The molecule has 0 atom stereocenters. The van der Waals surface area contributed by atoms with Crippen molar-refractivity contribution in [2.45, 2.75) is 6.92 Å². The summed E-state index contributed by atoms with van der Waals surface area (Å²) in [6.07, 6.45) is 2.73. The number of fused-ring (bicyclic) bond motifs is 1. The van der Waals surface area contributed by atoms with Crippen LogP contribution in [0.2, 0.25) is 0 Å². The maximum Gasteiger partial charge on any atom is 0.271 e. The van der Waals surface area contributed by atoms with E-state index in [1.165, 1.54) is 0 Å². The van der Waals surface area contributed by atoms with Crippen LogP contribution < -0.4 is 15.7 Å². The summed E-state index contributed by atoms with van der Waals surface area (Å²) in [6.45, 7) is 2.49. The van der Waals surface area contributed by atoms with Gasteiger partial charge in [0.15, 0.2) is 0 Å². The summed E-state index contributed by atoms with van der Waals surface area (Å²) in [7, 11) is 0. The van der Waals surface area contributed by atoms with Crippen molar-refractivity contribution in [3.05, 3.63) is 58.5 Å². The molecule has 3 rings (SSSR count). The van der Waals surface area contributed by atoms with Gasteiger partial charge in [0.05, 0.1) is 12.8 Å². The number of hydrogen-bond donors (Lipinski definition) is 2. The number of H-pyrrole nitrogens is 1. The zero-order valence-electron chi connectivity index (χ0n) is 12.5. The molecule has 1 heterocycles. The van der Waals surface area contributed by atoms with Crippen molar-refractivity contribution in [3.8, 4) is 5.75 Å². The monoisotopic (exact) mass is 309 g/mol. The molecule has 2 aromatic carbocycles. The minimum atomic E-state index is -0.349. The van der Waals surface area contributed by atoms with Gasteiger partial charge in [-0.15, -0.1) is 10.2 Å². The highest BCUT2D eigenvalue weighted by molar-refractivity contribution is 6.02. The third-order valence-electron chi connectivity index (χ3n) is 3.17. The summed E-state index contributed by atoms with van der Waals surface area (Å²) in [6, 6.07) is 11.9. The van der Waals surface area contributed by atoms with Gasteiger partial charge in [-0.2, -0.15) is 5.10 Å². The van der Waals surface area contributed by atoms with Crippen molar-refractivity contribution < 1.29 is 4.74 Å². The number of hydrogen-bond acceptors (Lipinski definition) is 6. The van der Waals surface area contributed by atoms with E-state index in [-0.39, 0.29) is 11.5 Å². The van der Waals surface area contributed by atoms with Crippen molar-refractivity contribution in [3.63, 3.8) is 0 Å². The van der Waals surface area contributed by atoms with Crippen LogP contribution in [0.5, 0.6) is 5.75 Å². The van der Waals surface area contributed by atoms with Crippen LogP contribution >= 0.6 is 0 Å². The molecule has 2 N–H and O–H groups in total. The molecule has 0 bridgehead atoms. The van der Waals surface area contributed by atoms with E-state index in [9.17, 15) is 4.79 Å². The van der Waals surface area contributed by atoms with Gasteiger partial charge < -0.3 is 4.74 Å². The molecule has 23 heavy (non-hydrogen) atoms. The Balaban J connectivity index is 1.95. The molecule has 0 amide bonds. The van der Waals surface area contributed by atoms with E-state index < -0.39 is 0 Å². The van der Waals surface area contributed by atoms with Crippen LogP contribution in [0, 0.1) is 0 Å². The third kappa shape index (κ3) is 3.34. The van der Waals surface area contributed by atoms with Crippen molar-refractivity contribution >= 4 is 22.9 Å². The smallest absolute Gasteiger partial charge is 0.271 e. The molecule has 116 valence electrons. The largest absolute Gasteiger partial charge is 0.493 e. The van der Waals surface area contributed by atoms with Crippen LogP contribution in [0.1, 0.15) is 12.5 Å². The van der Waals surface area contributed by atoms with E-state index in [1.54, 1.807) is 6.21 Å². The lowest BCUT2D eigenvalue weighted by Gasteiger charge is -2.10. The number of nitrogens with one attached hydrogen (secondary N) is 2. The van der Waals surface area contributed by atoms with Gasteiger partial charge in [0, 0.05) is 5.56 Å². The fourth-order valence-corrected chi connectivity index (χ4v) is 2.21. The van der Waals surface area contributed by atoms with Crippen LogP contribution in [0.4, 0.5) is 5.95 Å². The van der Waals surface area contributed by atoms with E-state index in [2.05, 4.69) is 25.7 Å². The standard InChI is InChI=1S/C16H15N5O2/c1-2-23-14-8-7-11-5-3-4-6-12(11)13(14)9-17-20-16-19-15(22)10-18-21-16/h3-10H,2H2,1H3,(H2,19,20,21,22)/b17-9+. The Kier molecular flexibility index (Phi) is 4.28. The Labute approximate surface area is 132 Å². The molecule has 0 fully saturated rings. The Morgan fingerprint density at radius 1 is 1.30 bits per heavy atom. The van der Waals surface area contributed by atoms with Gasteiger partial charge in [0.25, 0.3) is 5.56 Å². The number of anilines is 1. The van der Waals surface area contributed by atoms with Gasteiger partial charge in [-0.25, -0.2) is 5.43 Å². The first-order valence-corrected chi connectivity index (χ1v) is 7.13. The third-order valence-corrected chi connectivity index (χ3v) is 3.17. The molecule has 0 unspecified atom stereocenters. The van der Waals surface area contributed by atoms with Crippen LogP contribution in [-0.4, -0.2) is 28.0 Å². The molecule has 0 saturated heterocycles. The quantitative estimate of drug-likeness (QED) is 0.556. The van der Waals surface area contributed by atoms with Gasteiger partial charge in [0.2, 0.25) is 5.95 Å². The minimum absolute atomic E-state index is 0.173. The van der Waals surface area contributed by atoms with Gasteiger partial charge in [-0.1, -0.05) is 30.3 Å². The number of ether oxygens (including phenoxy) is 1. The van der Waals surface area contributed by atoms with E-state index in [0.717, 1.165) is 28.3 Å². The van der Waals surface area contributed by atoms with Gasteiger partial charge in [-0.05, 0) is 23.8 Å². The normalized spacial score (nSPS) is 11.0. The molecular formula is C16H15N5O2. The minimum Gasteiger partial charge on any atom is -0.493 e. The van der Waals surface area contributed by atoms with Gasteiger partial charge in [0.1, 0.15) is 11.9 Å². The first-order chi connectivity index (χ1) is 11.3. The summed E-state index contributed by atoms with van der Waals surface area (Å²) in [5.74, 6) is 0.913. The van der Waals surface area contributed by atoms with Crippen molar-refractivity contribution in [2.24, 2.45) is 5.10 Å². The van der Waals surface area contributed by atoms with Gasteiger partial charge in [-0.3, -0.25) is 9.78 Å². The second-order valence-corrected chi connectivity index (χ2v) is 4.68. The molecule has 0 aliphatic rings. The second-order valence-electron chi connectivity index (χ2n) is 4.68. The van der Waals surface area contributed by atoms with E-state index in [0.29, 0.717) is 6.61 Å². The van der Waals surface area contributed by atoms with Crippen LogP contribution in [0.15, 0.2) is 52.5 Å². The van der Waals surface area contributed by atoms with Crippen LogP contribution in [0.3, 0.4) is 0 Å². The molecular weight excluding hydrogens is 294 g/mol. The van der Waals surface area contributed by atoms with Gasteiger partial charge >= 0.3 is 0 Å². The Bertz CT molecular complexity index is 904. The first kappa shape index (κ1) is 14.7. The number of hydrazone groups is 1. The van der Waals surface area contributed by atoms with Crippen molar-refractivity contribution in [1.29, 1.82) is 0 Å². The Hall–Kier alpha value is -3.22. The summed E-state index contributed by atoms with van der Waals surface area (Å²) in [5, 5.41) is 13.5. The fraction of sp³-hybridized carbons (Fsp3) is 0.125. The summed E-state index contributed by atoms with van der Waals surface area (Å²) in [4.78, 5) is 13.7. The molecule has 7 nitrogen and oxygen atoms in total. The highest BCUT2D eigenvalue weighted by Gasteiger charge is 2.06. The van der Waals surface area contributed by atoms with E-state index in [4.69, 9.17) is 4.74 Å².